The summed E-state index contributed by atoms with van der Waals surface area (Å²) in [4.78, 5) is 26.3. The van der Waals surface area contributed by atoms with Gasteiger partial charge in [-0.25, -0.2) is 15.0 Å². The van der Waals surface area contributed by atoms with Gasteiger partial charge in [-0.1, -0.05) is 0 Å². The molecule has 2 N–H and O–H groups in total. The molecule has 0 unspecified atom stereocenters. The van der Waals surface area contributed by atoms with E-state index in [0.29, 0.717) is 35.2 Å². The van der Waals surface area contributed by atoms with Crippen LogP contribution in [0.25, 0.3) is 0 Å². The van der Waals surface area contributed by atoms with E-state index in [-0.39, 0.29) is 24.5 Å². The van der Waals surface area contributed by atoms with Crippen molar-refractivity contribution in [3.63, 3.8) is 0 Å². The van der Waals surface area contributed by atoms with Gasteiger partial charge in [0.25, 0.3) is 11.8 Å². The van der Waals surface area contributed by atoms with Crippen LogP contribution in [0, 0.1) is 6.92 Å². The van der Waals surface area contributed by atoms with E-state index < -0.39 is 30.1 Å². The predicted octanol–water partition coefficient (Wildman–Crippen LogP) is 5.40. The number of carbonyl (C=O) groups excluding carboxylic acids is 1. The quantitative estimate of drug-likeness (QED) is 0.225. The van der Waals surface area contributed by atoms with Crippen LogP contribution in [-0.2, 0) is 5.92 Å². The Morgan fingerprint density at radius 2 is 1.84 bits per heavy atom. The van der Waals surface area contributed by atoms with E-state index in [4.69, 9.17) is 4.74 Å². The number of aryl methyl sites for hydroxylation is 1. The maximum atomic E-state index is 13.4. The number of amides is 1. The van der Waals surface area contributed by atoms with Crippen LogP contribution < -0.4 is 15.4 Å². The summed E-state index contributed by atoms with van der Waals surface area (Å²) in [6, 6.07) is 3.15. The lowest BCUT2D eigenvalue weighted by atomic mass is 10.2. The van der Waals surface area contributed by atoms with Gasteiger partial charge in [0, 0.05) is 26.1 Å². The minimum atomic E-state index is -4.18. The summed E-state index contributed by atoms with van der Waals surface area (Å²) in [7, 11) is 1.61. The monoisotopic (exact) mass is 559 g/mol. The van der Waals surface area contributed by atoms with Crippen LogP contribution in [0.4, 0.5) is 38.5 Å². The van der Waals surface area contributed by atoms with Crippen molar-refractivity contribution in [3.05, 3.63) is 47.7 Å². The fraction of sp³-hybridized carbons (Fsp3) is 0.435. The number of hydrogen-bond acceptors (Lipinski definition) is 9. The van der Waals surface area contributed by atoms with Crippen LogP contribution in [0.15, 0.2) is 30.7 Å². The summed E-state index contributed by atoms with van der Waals surface area (Å²) >= 11 is 1.01. The van der Waals surface area contributed by atoms with Crippen molar-refractivity contribution < 1.29 is 31.5 Å². The molecule has 0 fully saturated rings. The first-order chi connectivity index (χ1) is 17.8. The summed E-state index contributed by atoms with van der Waals surface area (Å²) in [5.41, 5.74) is 0.610. The van der Waals surface area contributed by atoms with Crippen LogP contribution in [-0.4, -0.2) is 63.1 Å². The molecule has 3 aromatic rings. The highest BCUT2D eigenvalue weighted by atomic mass is 32.1. The van der Waals surface area contributed by atoms with Gasteiger partial charge in [0.1, 0.15) is 16.5 Å². The number of alkyl halides is 5. The zero-order chi connectivity index (χ0) is 27.9. The number of anilines is 3. The first-order valence-electron chi connectivity index (χ1n) is 11.4. The summed E-state index contributed by atoms with van der Waals surface area (Å²) in [6.07, 6.45) is -1.02. The molecule has 0 spiro atoms. The Kier molecular flexibility index (Phi) is 9.49. The third-order valence-electron chi connectivity index (χ3n) is 5.14. The van der Waals surface area contributed by atoms with Crippen LogP contribution in [0.3, 0.4) is 0 Å². The minimum Gasteiger partial charge on any atom is -0.478 e. The molecule has 0 aliphatic rings. The lowest BCUT2D eigenvalue weighted by Crippen LogP contribution is -2.26. The molecule has 206 valence electrons. The molecule has 0 aromatic carbocycles. The number of aromatic nitrogens is 4. The minimum absolute atomic E-state index is 0.0794. The molecule has 1 amide bonds. The molecule has 0 radical (unpaired) electrons. The van der Waals surface area contributed by atoms with Gasteiger partial charge < -0.3 is 20.3 Å². The Balaban J connectivity index is 1.51. The summed E-state index contributed by atoms with van der Waals surface area (Å²) in [5, 5.41) is 5.95. The van der Waals surface area contributed by atoms with Crippen molar-refractivity contribution in [1.82, 2.24) is 24.2 Å². The third kappa shape index (κ3) is 8.83. The number of ether oxygens (including phenoxy) is 1. The topological polar surface area (TPSA) is 105 Å². The number of pyridine rings is 1. The van der Waals surface area contributed by atoms with Gasteiger partial charge in [-0.05, 0) is 38.0 Å². The Labute approximate surface area is 219 Å². The van der Waals surface area contributed by atoms with E-state index in [1.807, 2.05) is 0 Å². The van der Waals surface area contributed by atoms with Gasteiger partial charge in [-0.2, -0.15) is 26.3 Å². The summed E-state index contributed by atoms with van der Waals surface area (Å²) in [5.74, 6) is -3.12. The Bertz CT molecular complexity index is 1200. The standard InChI is InChI=1S/C23H26F5N7O2S/c1-14-19(21(38-34-14)33-17-13-29-16(12-30-17)22(2,24)25)20(36)32-15-5-6-18(31-11-15)37-10-4-8-35(3)9-7-23(26,27)28/h5-6,11-13H,4,7-10H2,1-3H3,(H,30,33)(H,32,36). The first-order valence-corrected chi connectivity index (χ1v) is 12.2. The van der Waals surface area contributed by atoms with Gasteiger partial charge in [-0.15, -0.1) is 0 Å². The highest BCUT2D eigenvalue weighted by Gasteiger charge is 2.27. The number of hydrogen-bond donors (Lipinski definition) is 2. The van der Waals surface area contributed by atoms with Crippen LogP contribution in [0.5, 0.6) is 5.88 Å². The van der Waals surface area contributed by atoms with E-state index in [0.717, 1.165) is 30.8 Å². The average Bonchev–Trinajstić information content (AvgIpc) is 3.20. The summed E-state index contributed by atoms with van der Waals surface area (Å²) in [6.45, 7) is 3.00. The molecule has 38 heavy (non-hydrogen) atoms. The van der Waals surface area contributed by atoms with E-state index in [2.05, 4.69) is 30.0 Å². The van der Waals surface area contributed by atoms with Gasteiger partial charge in [0.2, 0.25) is 5.88 Å². The van der Waals surface area contributed by atoms with Gasteiger partial charge in [-0.3, -0.25) is 4.79 Å². The average molecular weight is 560 g/mol. The van der Waals surface area contributed by atoms with Crippen molar-refractivity contribution in [3.8, 4) is 5.88 Å². The fourth-order valence-electron chi connectivity index (χ4n) is 3.13. The normalized spacial score (nSPS) is 12.0. The van der Waals surface area contributed by atoms with Crippen molar-refractivity contribution in [2.45, 2.75) is 38.8 Å². The Morgan fingerprint density at radius 1 is 1.08 bits per heavy atom. The van der Waals surface area contributed by atoms with Crippen molar-refractivity contribution in [2.75, 3.05) is 37.4 Å². The van der Waals surface area contributed by atoms with E-state index in [1.54, 1.807) is 31.0 Å². The van der Waals surface area contributed by atoms with Crippen molar-refractivity contribution in [1.29, 1.82) is 0 Å². The maximum Gasteiger partial charge on any atom is 0.390 e. The fourth-order valence-corrected chi connectivity index (χ4v) is 3.93. The molecule has 0 saturated heterocycles. The maximum absolute atomic E-state index is 13.4. The number of nitrogens with zero attached hydrogens (tertiary/aromatic N) is 5. The number of rotatable bonds is 12. The molecule has 0 saturated carbocycles. The first kappa shape index (κ1) is 29.1. The van der Waals surface area contributed by atoms with Gasteiger partial charge >= 0.3 is 6.18 Å². The lowest BCUT2D eigenvalue weighted by Gasteiger charge is -2.17. The molecule has 3 rings (SSSR count). The molecule has 0 bridgehead atoms. The van der Waals surface area contributed by atoms with Crippen molar-refractivity contribution in [2.24, 2.45) is 0 Å². The SMILES string of the molecule is Cc1nsc(Nc2cnc(C(C)(F)F)cn2)c1C(=O)Nc1ccc(OCCCN(C)CCC(F)(F)F)nc1. The second-order valence-corrected chi connectivity index (χ2v) is 9.26. The molecule has 0 aliphatic heterocycles. The highest BCUT2D eigenvalue weighted by Crippen LogP contribution is 2.29. The van der Waals surface area contributed by atoms with Gasteiger partial charge in [0.05, 0.1) is 48.6 Å². The number of carbonyl (C=O) groups is 1. The van der Waals surface area contributed by atoms with Gasteiger partial charge in [0.15, 0.2) is 0 Å². The molecule has 15 heteroatoms. The molecular weight excluding hydrogens is 533 g/mol. The molecule has 3 heterocycles. The molecule has 3 aromatic heterocycles. The smallest absolute Gasteiger partial charge is 0.390 e. The highest BCUT2D eigenvalue weighted by molar-refractivity contribution is 7.10. The summed E-state index contributed by atoms with van der Waals surface area (Å²) < 4.78 is 73.2. The third-order valence-corrected chi connectivity index (χ3v) is 5.99. The lowest BCUT2D eigenvalue weighted by molar-refractivity contribution is -0.137. The number of halogens is 5. The van der Waals surface area contributed by atoms with Crippen molar-refractivity contribution >= 4 is 33.9 Å². The predicted molar refractivity (Wildman–Crippen MR) is 132 cm³/mol. The molecule has 0 atom stereocenters. The molecule has 0 aliphatic carbocycles. The zero-order valence-corrected chi connectivity index (χ0v) is 21.6. The van der Waals surface area contributed by atoms with E-state index >= 15 is 0 Å². The van der Waals surface area contributed by atoms with Crippen LogP contribution in [0.2, 0.25) is 0 Å². The van der Waals surface area contributed by atoms with E-state index in [1.165, 1.54) is 6.20 Å². The van der Waals surface area contributed by atoms with E-state index in [9.17, 15) is 26.7 Å². The Morgan fingerprint density at radius 3 is 2.45 bits per heavy atom. The molecule has 9 nitrogen and oxygen atoms in total. The van der Waals surface area contributed by atoms with Crippen LogP contribution in [0.1, 0.15) is 41.5 Å². The molecular formula is C23H26F5N7O2S. The van der Waals surface area contributed by atoms with Crippen LogP contribution >= 0.6 is 11.5 Å². The second-order valence-electron chi connectivity index (χ2n) is 8.48. The Hall–Kier alpha value is -3.46. The number of nitrogens with one attached hydrogen (secondary N) is 2. The zero-order valence-electron chi connectivity index (χ0n) is 20.8. The largest absolute Gasteiger partial charge is 0.478 e. The second kappa shape index (κ2) is 12.4.